The maximum Gasteiger partial charge on any atom is 0.191 e. The summed E-state index contributed by atoms with van der Waals surface area (Å²) in [7, 11) is 0. The molecule has 124 valence electrons. The third-order valence-electron chi connectivity index (χ3n) is 3.47. The second-order valence-electron chi connectivity index (χ2n) is 5.04. The molecule has 1 aromatic heterocycles. The third kappa shape index (κ3) is 3.91. The van der Waals surface area contributed by atoms with E-state index in [9.17, 15) is 0 Å². The smallest absolute Gasteiger partial charge is 0.191 e. The predicted octanol–water partition coefficient (Wildman–Crippen LogP) is 4.79. The second-order valence-corrected chi connectivity index (χ2v) is 6.51. The lowest BCUT2D eigenvalue weighted by Crippen LogP contribution is -2.04. The van der Waals surface area contributed by atoms with Crippen LogP contribution in [-0.2, 0) is 6.54 Å². The first kappa shape index (κ1) is 16.9. The van der Waals surface area contributed by atoms with Gasteiger partial charge in [-0.15, -0.1) is 10.2 Å². The van der Waals surface area contributed by atoms with Crippen molar-refractivity contribution in [3.05, 3.63) is 59.6 Å². The van der Waals surface area contributed by atoms with Gasteiger partial charge in [-0.3, -0.25) is 0 Å². The van der Waals surface area contributed by atoms with E-state index in [0.717, 1.165) is 28.8 Å². The fourth-order valence-electron chi connectivity index (χ4n) is 2.33. The molecule has 0 fully saturated rings. The molecular formula is C18H18ClN3OS. The highest BCUT2D eigenvalue weighted by Crippen LogP contribution is 2.25. The highest BCUT2D eigenvalue weighted by molar-refractivity contribution is 7.99. The lowest BCUT2D eigenvalue weighted by atomic mass is 10.2. The van der Waals surface area contributed by atoms with Gasteiger partial charge in [0.25, 0.3) is 0 Å². The molecule has 24 heavy (non-hydrogen) atoms. The molecule has 0 N–H and O–H groups in total. The van der Waals surface area contributed by atoms with Crippen LogP contribution in [0.25, 0.3) is 11.4 Å². The first-order valence-corrected chi connectivity index (χ1v) is 9.14. The predicted molar refractivity (Wildman–Crippen MR) is 98.8 cm³/mol. The van der Waals surface area contributed by atoms with Crippen molar-refractivity contribution in [3.8, 4) is 17.1 Å². The Hall–Kier alpha value is -1.98. The molecule has 0 amide bonds. The molecule has 0 saturated carbocycles. The van der Waals surface area contributed by atoms with Crippen molar-refractivity contribution in [2.24, 2.45) is 0 Å². The van der Waals surface area contributed by atoms with Crippen LogP contribution in [0, 0.1) is 0 Å². The number of para-hydroxylation sites is 1. The SMILES string of the molecule is CCn1c(SCCOc2ccccc2Cl)nnc1-c1ccccc1. The fraction of sp³-hybridized carbons (Fsp3) is 0.222. The van der Waals surface area contributed by atoms with Gasteiger partial charge >= 0.3 is 0 Å². The number of halogens is 1. The fourth-order valence-corrected chi connectivity index (χ4v) is 3.34. The Kier molecular flexibility index (Phi) is 5.77. The van der Waals surface area contributed by atoms with Crippen LogP contribution in [0.3, 0.4) is 0 Å². The summed E-state index contributed by atoms with van der Waals surface area (Å²) in [5, 5.41) is 10.2. The summed E-state index contributed by atoms with van der Waals surface area (Å²) in [6.07, 6.45) is 0. The maximum absolute atomic E-state index is 6.08. The highest BCUT2D eigenvalue weighted by Gasteiger charge is 2.12. The number of hydrogen-bond donors (Lipinski definition) is 0. The summed E-state index contributed by atoms with van der Waals surface area (Å²) in [5.41, 5.74) is 1.08. The number of rotatable bonds is 7. The van der Waals surface area contributed by atoms with Crippen LogP contribution in [-0.4, -0.2) is 27.1 Å². The molecule has 3 rings (SSSR count). The number of aromatic nitrogens is 3. The molecule has 3 aromatic rings. The van der Waals surface area contributed by atoms with Gasteiger partial charge in [0.15, 0.2) is 11.0 Å². The molecule has 0 aliphatic carbocycles. The van der Waals surface area contributed by atoms with Crippen molar-refractivity contribution < 1.29 is 4.74 Å². The van der Waals surface area contributed by atoms with E-state index in [0.29, 0.717) is 17.4 Å². The Morgan fingerprint density at radius 3 is 2.54 bits per heavy atom. The number of thioether (sulfide) groups is 1. The molecule has 4 nitrogen and oxygen atoms in total. The molecule has 1 heterocycles. The minimum atomic E-state index is 0.561. The minimum Gasteiger partial charge on any atom is -0.491 e. The van der Waals surface area contributed by atoms with Crippen molar-refractivity contribution >= 4 is 23.4 Å². The van der Waals surface area contributed by atoms with Gasteiger partial charge < -0.3 is 9.30 Å². The highest BCUT2D eigenvalue weighted by atomic mass is 35.5. The average Bonchev–Trinajstić information content (AvgIpc) is 3.04. The summed E-state index contributed by atoms with van der Waals surface area (Å²) >= 11 is 7.71. The number of ether oxygens (including phenoxy) is 1. The van der Waals surface area contributed by atoms with Gasteiger partial charge in [-0.1, -0.05) is 65.8 Å². The molecule has 0 atom stereocenters. The summed E-state index contributed by atoms with van der Waals surface area (Å²) in [6, 6.07) is 17.6. The molecule has 0 spiro atoms. The summed E-state index contributed by atoms with van der Waals surface area (Å²) in [6.45, 7) is 3.48. The van der Waals surface area contributed by atoms with E-state index in [1.807, 2.05) is 54.6 Å². The average molecular weight is 360 g/mol. The van der Waals surface area contributed by atoms with E-state index in [-0.39, 0.29) is 0 Å². The van der Waals surface area contributed by atoms with Gasteiger partial charge in [0, 0.05) is 17.9 Å². The Morgan fingerprint density at radius 1 is 1.04 bits per heavy atom. The Bertz CT molecular complexity index is 792. The van der Waals surface area contributed by atoms with Crippen LogP contribution in [0.2, 0.25) is 5.02 Å². The zero-order valence-corrected chi connectivity index (χ0v) is 14.9. The van der Waals surface area contributed by atoms with Gasteiger partial charge in [-0.05, 0) is 19.1 Å². The normalized spacial score (nSPS) is 10.8. The van der Waals surface area contributed by atoms with Crippen molar-refractivity contribution in [3.63, 3.8) is 0 Å². The van der Waals surface area contributed by atoms with Gasteiger partial charge in [0.1, 0.15) is 5.75 Å². The number of benzene rings is 2. The monoisotopic (exact) mass is 359 g/mol. The topological polar surface area (TPSA) is 39.9 Å². The largest absolute Gasteiger partial charge is 0.491 e. The molecule has 0 unspecified atom stereocenters. The molecule has 0 bridgehead atoms. The van der Waals surface area contributed by atoms with Crippen molar-refractivity contribution in [1.82, 2.24) is 14.8 Å². The molecule has 0 radical (unpaired) electrons. The molecular weight excluding hydrogens is 342 g/mol. The van der Waals surface area contributed by atoms with E-state index in [1.54, 1.807) is 11.8 Å². The molecule has 0 saturated heterocycles. The minimum absolute atomic E-state index is 0.561. The quantitative estimate of drug-likeness (QED) is 0.449. The zero-order chi connectivity index (χ0) is 16.8. The molecule has 0 aliphatic rings. The first-order chi connectivity index (χ1) is 11.8. The maximum atomic E-state index is 6.08. The number of nitrogens with zero attached hydrogens (tertiary/aromatic N) is 3. The van der Waals surface area contributed by atoms with Gasteiger partial charge in [0.2, 0.25) is 0 Å². The van der Waals surface area contributed by atoms with Crippen LogP contribution in [0.5, 0.6) is 5.75 Å². The van der Waals surface area contributed by atoms with Gasteiger partial charge in [0.05, 0.1) is 11.6 Å². The van der Waals surface area contributed by atoms with Crippen molar-refractivity contribution in [2.75, 3.05) is 12.4 Å². The lowest BCUT2D eigenvalue weighted by molar-refractivity contribution is 0.344. The van der Waals surface area contributed by atoms with Crippen LogP contribution < -0.4 is 4.74 Å². The number of hydrogen-bond acceptors (Lipinski definition) is 4. The zero-order valence-electron chi connectivity index (χ0n) is 13.4. The first-order valence-electron chi connectivity index (χ1n) is 7.78. The van der Waals surface area contributed by atoms with Crippen molar-refractivity contribution in [2.45, 2.75) is 18.6 Å². The van der Waals surface area contributed by atoms with Crippen LogP contribution in [0.4, 0.5) is 0 Å². The van der Waals surface area contributed by atoms with Crippen LogP contribution in [0.1, 0.15) is 6.92 Å². The van der Waals surface area contributed by atoms with Crippen LogP contribution >= 0.6 is 23.4 Å². The molecule has 2 aromatic carbocycles. The van der Waals surface area contributed by atoms with E-state index in [2.05, 4.69) is 21.7 Å². The van der Waals surface area contributed by atoms with E-state index in [1.165, 1.54) is 0 Å². The standard InChI is InChI=1S/C18H18ClN3OS/c1-2-22-17(14-8-4-3-5-9-14)20-21-18(22)24-13-12-23-16-11-7-6-10-15(16)19/h3-11H,2,12-13H2,1H3. The molecule has 0 aliphatic heterocycles. The van der Waals surface area contributed by atoms with E-state index < -0.39 is 0 Å². The Morgan fingerprint density at radius 2 is 1.79 bits per heavy atom. The van der Waals surface area contributed by atoms with Crippen molar-refractivity contribution in [1.29, 1.82) is 0 Å². The Balaban J connectivity index is 1.62. The van der Waals surface area contributed by atoms with E-state index >= 15 is 0 Å². The van der Waals surface area contributed by atoms with Gasteiger partial charge in [-0.2, -0.15) is 0 Å². The van der Waals surface area contributed by atoms with Gasteiger partial charge in [-0.25, -0.2) is 0 Å². The summed E-state index contributed by atoms with van der Waals surface area (Å²) in [5.74, 6) is 2.38. The second kappa shape index (κ2) is 8.22. The van der Waals surface area contributed by atoms with E-state index in [4.69, 9.17) is 16.3 Å². The third-order valence-corrected chi connectivity index (χ3v) is 4.72. The summed E-state index contributed by atoms with van der Waals surface area (Å²) < 4.78 is 7.83. The molecule has 6 heteroatoms. The Labute approximate surface area is 150 Å². The lowest BCUT2D eigenvalue weighted by Gasteiger charge is -2.09. The summed E-state index contributed by atoms with van der Waals surface area (Å²) in [4.78, 5) is 0. The van der Waals surface area contributed by atoms with Crippen LogP contribution in [0.15, 0.2) is 59.8 Å².